The Hall–Kier alpha value is -1.55. The maximum atomic E-state index is 12.3. The minimum atomic E-state index is -0.248. The number of nitrogens with zero attached hydrogens (tertiary/aromatic N) is 1. The monoisotopic (exact) mass is 277 g/mol. The Labute approximate surface area is 120 Å². The first-order valence-corrected chi connectivity index (χ1v) is 7.13. The van der Waals surface area contributed by atoms with Gasteiger partial charge in [-0.25, -0.2) is 4.79 Å². The summed E-state index contributed by atoms with van der Waals surface area (Å²) >= 11 is 0. The van der Waals surface area contributed by atoms with Crippen LogP contribution in [0.5, 0.6) is 0 Å². The predicted octanol–water partition coefficient (Wildman–Crippen LogP) is 3.54. The molecule has 2 rings (SSSR count). The van der Waals surface area contributed by atoms with Gasteiger partial charge in [0.2, 0.25) is 0 Å². The molecule has 110 valence electrons. The number of aromatic nitrogens is 1. The summed E-state index contributed by atoms with van der Waals surface area (Å²) < 4.78 is 12.8. The van der Waals surface area contributed by atoms with Crippen molar-refractivity contribution in [1.82, 2.24) is 4.57 Å². The number of methoxy groups -OCH3 is 1. The summed E-state index contributed by atoms with van der Waals surface area (Å²) in [5, 5.41) is 0. The van der Waals surface area contributed by atoms with Gasteiger partial charge >= 0.3 is 5.97 Å². The van der Waals surface area contributed by atoms with Crippen LogP contribution < -0.4 is 0 Å². The fraction of sp³-hybridized carbons (Fsp3) is 0.562. The molecule has 0 radical (unpaired) electrons. The zero-order valence-electron chi connectivity index (χ0n) is 12.7. The van der Waals surface area contributed by atoms with Crippen molar-refractivity contribution in [1.29, 1.82) is 0 Å². The first-order chi connectivity index (χ1) is 9.54. The van der Waals surface area contributed by atoms with Crippen LogP contribution in [0, 0.1) is 13.8 Å². The number of allylic oxidation sites excluding steroid dienone is 2. The Morgan fingerprint density at radius 1 is 1.45 bits per heavy atom. The van der Waals surface area contributed by atoms with Crippen molar-refractivity contribution in [3.8, 4) is 0 Å². The zero-order chi connectivity index (χ0) is 14.7. The summed E-state index contributed by atoms with van der Waals surface area (Å²) in [5.41, 5.74) is 2.65. The van der Waals surface area contributed by atoms with Gasteiger partial charge in [-0.1, -0.05) is 0 Å². The summed E-state index contributed by atoms with van der Waals surface area (Å²) in [6, 6.07) is 2.10. The van der Waals surface area contributed by atoms with Crippen molar-refractivity contribution in [3.63, 3.8) is 0 Å². The summed E-state index contributed by atoms with van der Waals surface area (Å²) in [6.07, 6.45) is 4.95. The average molecular weight is 277 g/mol. The molecule has 0 bridgehead atoms. The van der Waals surface area contributed by atoms with E-state index in [4.69, 9.17) is 9.47 Å². The third-order valence-corrected chi connectivity index (χ3v) is 3.78. The summed E-state index contributed by atoms with van der Waals surface area (Å²) in [4.78, 5) is 12.3. The van der Waals surface area contributed by atoms with Crippen molar-refractivity contribution in [3.05, 3.63) is 34.9 Å². The minimum absolute atomic E-state index is 0.201. The molecule has 0 aliphatic heterocycles. The maximum absolute atomic E-state index is 12.3. The number of carbonyl (C=O) groups excluding carboxylic acids is 1. The van der Waals surface area contributed by atoms with E-state index in [-0.39, 0.29) is 12.0 Å². The summed E-state index contributed by atoms with van der Waals surface area (Å²) in [6.45, 7) is 6.66. The highest BCUT2D eigenvalue weighted by Crippen LogP contribution is 2.24. The molecule has 0 spiro atoms. The van der Waals surface area contributed by atoms with E-state index in [1.54, 1.807) is 7.11 Å². The van der Waals surface area contributed by atoms with Crippen LogP contribution in [0.4, 0.5) is 0 Å². The normalized spacial score (nSPS) is 16.1. The minimum Gasteiger partial charge on any atom is -0.428 e. The highest BCUT2D eigenvalue weighted by molar-refractivity contribution is 5.91. The molecule has 1 aliphatic carbocycles. The average Bonchev–Trinajstić information content (AvgIpc) is 2.98. The van der Waals surface area contributed by atoms with Crippen LogP contribution in [0.2, 0.25) is 0 Å². The van der Waals surface area contributed by atoms with E-state index in [0.717, 1.165) is 36.4 Å². The van der Waals surface area contributed by atoms with E-state index < -0.39 is 0 Å². The molecule has 4 nitrogen and oxygen atoms in total. The molecule has 1 heterocycles. The number of hydrogen-bond donors (Lipinski definition) is 0. The topological polar surface area (TPSA) is 40.5 Å². The summed E-state index contributed by atoms with van der Waals surface area (Å²) in [5.74, 6) is 0.562. The summed E-state index contributed by atoms with van der Waals surface area (Å²) in [7, 11) is 1.69. The highest BCUT2D eigenvalue weighted by atomic mass is 16.5. The van der Waals surface area contributed by atoms with Crippen LogP contribution in [0.3, 0.4) is 0 Å². The predicted molar refractivity (Wildman–Crippen MR) is 77.8 cm³/mol. The smallest absolute Gasteiger partial charge is 0.345 e. The lowest BCUT2D eigenvalue weighted by atomic mass is 10.2. The Morgan fingerprint density at radius 2 is 2.20 bits per heavy atom. The molecule has 20 heavy (non-hydrogen) atoms. The fourth-order valence-electron chi connectivity index (χ4n) is 2.89. The Kier molecular flexibility index (Phi) is 4.65. The van der Waals surface area contributed by atoms with Crippen LogP contribution in [-0.4, -0.2) is 24.3 Å². The molecule has 1 atom stereocenters. The van der Waals surface area contributed by atoms with Gasteiger partial charge in [0, 0.05) is 24.9 Å². The quantitative estimate of drug-likeness (QED) is 0.773. The fourth-order valence-corrected chi connectivity index (χ4v) is 2.89. The molecular formula is C16H23NO3. The molecule has 0 aromatic carbocycles. The molecule has 1 aliphatic rings. The Morgan fingerprint density at radius 3 is 2.80 bits per heavy atom. The third kappa shape index (κ3) is 2.96. The van der Waals surface area contributed by atoms with E-state index in [1.165, 1.54) is 0 Å². The van der Waals surface area contributed by atoms with Crippen molar-refractivity contribution in [2.45, 2.75) is 46.1 Å². The van der Waals surface area contributed by atoms with Crippen LogP contribution >= 0.6 is 0 Å². The SMILES string of the molecule is COCC(C)n1c(C)cc(C(=O)OC2=CCCC2)c1C. The molecule has 0 amide bonds. The van der Waals surface area contributed by atoms with E-state index in [2.05, 4.69) is 11.5 Å². The zero-order valence-corrected chi connectivity index (χ0v) is 12.7. The Balaban J connectivity index is 2.20. The lowest BCUT2D eigenvalue weighted by molar-refractivity contribution is 0.0616. The van der Waals surface area contributed by atoms with Crippen LogP contribution in [0.1, 0.15) is 54.0 Å². The molecule has 0 saturated heterocycles. The number of hydrogen-bond acceptors (Lipinski definition) is 3. The second-order valence-electron chi connectivity index (χ2n) is 5.41. The van der Waals surface area contributed by atoms with E-state index >= 15 is 0 Å². The van der Waals surface area contributed by atoms with Gasteiger partial charge < -0.3 is 14.0 Å². The van der Waals surface area contributed by atoms with Gasteiger partial charge in [0.15, 0.2) is 0 Å². The van der Waals surface area contributed by atoms with Crippen molar-refractivity contribution in [2.75, 3.05) is 13.7 Å². The standard InChI is InChI=1S/C16H23NO3/c1-11-9-15(13(3)17(11)12(2)10-19-4)16(18)20-14-7-5-6-8-14/h7,9,12H,5-6,8,10H2,1-4H3. The van der Waals surface area contributed by atoms with E-state index in [9.17, 15) is 4.79 Å². The first-order valence-electron chi connectivity index (χ1n) is 7.13. The van der Waals surface area contributed by atoms with Gasteiger partial charge in [-0.2, -0.15) is 0 Å². The second-order valence-corrected chi connectivity index (χ2v) is 5.41. The largest absolute Gasteiger partial charge is 0.428 e. The maximum Gasteiger partial charge on any atom is 0.345 e. The lowest BCUT2D eigenvalue weighted by Gasteiger charge is -2.17. The van der Waals surface area contributed by atoms with Crippen molar-refractivity contribution in [2.24, 2.45) is 0 Å². The first kappa shape index (κ1) is 14.9. The van der Waals surface area contributed by atoms with Gasteiger partial charge in [0.1, 0.15) is 5.76 Å². The third-order valence-electron chi connectivity index (χ3n) is 3.78. The molecule has 1 unspecified atom stereocenters. The molecule has 0 N–H and O–H groups in total. The van der Waals surface area contributed by atoms with E-state index in [0.29, 0.717) is 12.2 Å². The molecular weight excluding hydrogens is 254 g/mol. The second kappa shape index (κ2) is 6.27. The number of ether oxygens (including phenoxy) is 2. The van der Waals surface area contributed by atoms with Gasteiger partial charge in [-0.05, 0) is 45.8 Å². The number of esters is 1. The number of rotatable bonds is 5. The van der Waals surface area contributed by atoms with Gasteiger partial charge in [-0.3, -0.25) is 0 Å². The van der Waals surface area contributed by atoms with Crippen LogP contribution in [-0.2, 0) is 9.47 Å². The van der Waals surface area contributed by atoms with Gasteiger partial charge in [-0.15, -0.1) is 0 Å². The van der Waals surface area contributed by atoms with Crippen LogP contribution in [0.15, 0.2) is 17.9 Å². The van der Waals surface area contributed by atoms with Crippen molar-refractivity contribution >= 4 is 5.97 Å². The van der Waals surface area contributed by atoms with Crippen molar-refractivity contribution < 1.29 is 14.3 Å². The number of aryl methyl sites for hydroxylation is 1. The van der Waals surface area contributed by atoms with E-state index in [1.807, 2.05) is 26.0 Å². The molecule has 4 heteroatoms. The Bertz CT molecular complexity index is 528. The molecule has 1 aromatic heterocycles. The molecule has 0 saturated carbocycles. The van der Waals surface area contributed by atoms with Gasteiger partial charge in [0.05, 0.1) is 18.2 Å². The number of carbonyl (C=O) groups is 1. The molecule has 1 aromatic rings. The lowest BCUT2D eigenvalue weighted by Crippen LogP contribution is -2.14. The van der Waals surface area contributed by atoms with Crippen LogP contribution in [0.25, 0.3) is 0 Å². The molecule has 0 fully saturated rings. The highest BCUT2D eigenvalue weighted by Gasteiger charge is 2.21. The van der Waals surface area contributed by atoms with Gasteiger partial charge in [0.25, 0.3) is 0 Å².